The van der Waals surface area contributed by atoms with Crippen LogP contribution in [0.3, 0.4) is 0 Å². The average Bonchev–Trinajstić information content (AvgIpc) is 2.72. The Morgan fingerprint density at radius 3 is 2.19 bits per heavy atom. The molecular weight excluding hydrogens is 412 g/mol. The van der Waals surface area contributed by atoms with Crippen molar-refractivity contribution in [2.45, 2.75) is 88.9 Å². The number of ether oxygens (including phenoxy) is 4. The maximum absolute atomic E-state index is 10.2. The lowest BCUT2D eigenvalue weighted by Gasteiger charge is -2.41. The molecule has 2 aliphatic heterocycles. The van der Waals surface area contributed by atoms with Crippen molar-refractivity contribution >= 4 is 0 Å². The molecule has 2 heterocycles. The molecular formula is C21H36O10. The molecule has 180 valence electrons. The van der Waals surface area contributed by atoms with E-state index in [2.05, 4.69) is 6.08 Å². The van der Waals surface area contributed by atoms with Crippen LogP contribution in [0.15, 0.2) is 23.3 Å². The maximum atomic E-state index is 10.2. The monoisotopic (exact) mass is 448 g/mol. The van der Waals surface area contributed by atoms with Crippen LogP contribution in [0.4, 0.5) is 0 Å². The van der Waals surface area contributed by atoms with Crippen molar-refractivity contribution in [3.8, 4) is 0 Å². The van der Waals surface area contributed by atoms with Crippen molar-refractivity contribution in [2.75, 3.05) is 19.8 Å². The Hall–Kier alpha value is -0.920. The molecule has 2 aliphatic rings. The highest BCUT2D eigenvalue weighted by Gasteiger charge is 2.45. The zero-order valence-electron chi connectivity index (χ0n) is 18.2. The number of aliphatic hydroxyl groups excluding tert-OH is 6. The Labute approximate surface area is 182 Å². The molecule has 0 aliphatic carbocycles. The van der Waals surface area contributed by atoms with Crippen LogP contribution < -0.4 is 0 Å². The summed E-state index contributed by atoms with van der Waals surface area (Å²) in [5.74, 6) is 0. The fourth-order valence-corrected chi connectivity index (χ4v) is 3.28. The Kier molecular flexibility index (Phi) is 10.5. The molecule has 0 saturated carbocycles. The van der Waals surface area contributed by atoms with E-state index in [1.54, 1.807) is 0 Å². The topological polar surface area (TPSA) is 158 Å². The lowest BCUT2D eigenvalue weighted by Crippen LogP contribution is -2.60. The van der Waals surface area contributed by atoms with Gasteiger partial charge in [-0.3, -0.25) is 0 Å². The summed E-state index contributed by atoms with van der Waals surface area (Å²) in [6.07, 6.45) is -6.36. The van der Waals surface area contributed by atoms with Crippen molar-refractivity contribution < 1.29 is 49.6 Å². The van der Waals surface area contributed by atoms with E-state index in [0.29, 0.717) is 0 Å². The zero-order valence-corrected chi connectivity index (χ0v) is 18.2. The summed E-state index contributed by atoms with van der Waals surface area (Å²) in [7, 11) is 0. The van der Waals surface area contributed by atoms with Crippen molar-refractivity contribution in [1.82, 2.24) is 0 Å². The van der Waals surface area contributed by atoms with E-state index in [9.17, 15) is 30.6 Å². The molecule has 0 aromatic rings. The minimum Gasteiger partial charge on any atom is -0.388 e. The van der Waals surface area contributed by atoms with Gasteiger partial charge in [-0.15, -0.1) is 0 Å². The first kappa shape index (κ1) is 26.3. The molecule has 10 heteroatoms. The zero-order chi connectivity index (χ0) is 23.1. The third-order valence-corrected chi connectivity index (χ3v) is 5.33. The smallest absolute Gasteiger partial charge is 0.187 e. The van der Waals surface area contributed by atoms with Crippen LogP contribution >= 0.6 is 0 Å². The van der Waals surface area contributed by atoms with Crippen LogP contribution in [0.5, 0.6) is 0 Å². The summed E-state index contributed by atoms with van der Waals surface area (Å²) in [6.45, 7) is 5.65. The van der Waals surface area contributed by atoms with E-state index < -0.39 is 55.3 Å². The SMILES string of the molecule is CC(C)=CCC/C(C)=C/COC1O[C@H](COC2OC[C@@H](O)[C@H](O)[C@H]2O)[C@@H](O)[C@H](O)[C@H]1O. The highest BCUT2D eigenvalue weighted by Crippen LogP contribution is 2.24. The van der Waals surface area contributed by atoms with Crippen LogP contribution in [0.1, 0.15) is 33.6 Å². The first-order valence-corrected chi connectivity index (χ1v) is 10.5. The van der Waals surface area contributed by atoms with Gasteiger partial charge in [0.2, 0.25) is 0 Å². The standard InChI is InChI=1S/C21H36O10/c1-11(2)5-4-6-12(3)7-8-28-21-19(27)17(25)16(24)14(31-21)10-30-20-18(26)15(23)13(22)9-29-20/h5,7,13-27H,4,6,8-10H2,1-3H3/b12-7+/t13-,14-,15+,16-,17+,18-,19-,20?,21?/m1/s1. The highest BCUT2D eigenvalue weighted by atomic mass is 16.7. The first-order valence-electron chi connectivity index (χ1n) is 10.5. The molecule has 0 amide bonds. The van der Waals surface area contributed by atoms with Crippen molar-refractivity contribution in [3.05, 3.63) is 23.3 Å². The summed E-state index contributed by atoms with van der Waals surface area (Å²) < 4.78 is 21.6. The predicted molar refractivity (Wildman–Crippen MR) is 109 cm³/mol. The lowest BCUT2D eigenvalue weighted by molar-refractivity contribution is -0.319. The summed E-state index contributed by atoms with van der Waals surface area (Å²) in [6, 6.07) is 0. The van der Waals surface area contributed by atoms with Crippen LogP contribution in [0.2, 0.25) is 0 Å². The second kappa shape index (κ2) is 12.4. The molecule has 9 atom stereocenters. The number of aliphatic hydroxyl groups is 6. The molecule has 31 heavy (non-hydrogen) atoms. The van der Waals surface area contributed by atoms with E-state index in [4.69, 9.17) is 18.9 Å². The fourth-order valence-electron chi connectivity index (χ4n) is 3.28. The van der Waals surface area contributed by atoms with Gasteiger partial charge in [0.1, 0.15) is 42.7 Å². The van der Waals surface area contributed by atoms with E-state index in [1.165, 1.54) is 5.57 Å². The van der Waals surface area contributed by atoms with Crippen molar-refractivity contribution in [3.63, 3.8) is 0 Å². The van der Waals surface area contributed by atoms with Gasteiger partial charge in [0.15, 0.2) is 12.6 Å². The Morgan fingerprint density at radius 2 is 1.52 bits per heavy atom. The number of allylic oxidation sites excluding steroid dienone is 3. The predicted octanol–water partition coefficient (Wildman–Crippen LogP) is -1.04. The van der Waals surface area contributed by atoms with Gasteiger partial charge in [-0.2, -0.15) is 0 Å². The second-order valence-electron chi connectivity index (χ2n) is 8.30. The molecule has 2 fully saturated rings. The van der Waals surface area contributed by atoms with Crippen molar-refractivity contribution in [2.24, 2.45) is 0 Å². The van der Waals surface area contributed by atoms with Gasteiger partial charge in [0.05, 0.1) is 19.8 Å². The van der Waals surface area contributed by atoms with Crippen LogP contribution in [-0.2, 0) is 18.9 Å². The van der Waals surface area contributed by atoms with Crippen LogP contribution in [0.25, 0.3) is 0 Å². The summed E-state index contributed by atoms with van der Waals surface area (Å²) in [5.41, 5.74) is 2.35. The summed E-state index contributed by atoms with van der Waals surface area (Å²) in [5, 5.41) is 59.6. The van der Waals surface area contributed by atoms with Gasteiger partial charge in [-0.25, -0.2) is 0 Å². The van der Waals surface area contributed by atoms with Gasteiger partial charge in [0, 0.05) is 0 Å². The van der Waals surface area contributed by atoms with Gasteiger partial charge < -0.3 is 49.6 Å². The number of rotatable bonds is 9. The molecule has 6 N–H and O–H groups in total. The minimum atomic E-state index is -1.53. The number of hydrogen-bond acceptors (Lipinski definition) is 10. The van der Waals surface area contributed by atoms with Crippen LogP contribution in [0, 0.1) is 0 Å². The molecule has 10 nitrogen and oxygen atoms in total. The Balaban J connectivity index is 1.86. The highest BCUT2D eigenvalue weighted by molar-refractivity contribution is 5.02. The fraction of sp³-hybridized carbons (Fsp3) is 0.810. The second-order valence-corrected chi connectivity index (χ2v) is 8.30. The van der Waals surface area contributed by atoms with Gasteiger partial charge in [-0.1, -0.05) is 23.3 Å². The third kappa shape index (κ3) is 7.57. The molecule has 2 rings (SSSR count). The lowest BCUT2D eigenvalue weighted by atomic mass is 9.99. The van der Waals surface area contributed by atoms with E-state index in [-0.39, 0.29) is 19.8 Å². The molecule has 2 unspecified atom stereocenters. The Morgan fingerprint density at radius 1 is 0.839 bits per heavy atom. The minimum absolute atomic E-state index is 0.146. The summed E-state index contributed by atoms with van der Waals surface area (Å²) in [4.78, 5) is 0. The quantitative estimate of drug-likeness (QED) is 0.241. The summed E-state index contributed by atoms with van der Waals surface area (Å²) >= 11 is 0. The molecule has 0 bridgehead atoms. The molecule has 0 aromatic carbocycles. The number of hydrogen-bond donors (Lipinski definition) is 6. The molecule has 2 saturated heterocycles. The van der Waals surface area contributed by atoms with E-state index in [0.717, 1.165) is 18.4 Å². The first-order chi connectivity index (χ1) is 14.6. The third-order valence-electron chi connectivity index (χ3n) is 5.33. The van der Waals surface area contributed by atoms with Crippen LogP contribution in [-0.4, -0.2) is 106 Å². The van der Waals surface area contributed by atoms with Gasteiger partial charge >= 0.3 is 0 Å². The molecule has 0 radical (unpaired) electrons. The Bertz CT molecular complexity index is 605. The normalized spacial score (nSPS) is 39.4. The molecule has 0 spiro atoms. The van der Waals surface area contributed by atoms with E-state index in [1.807, 2.05) is 26.8 Å². The largest absolute Gasteiger partial charge is 0.388 e. The van der Waals surface area contributed by atoms with Crippen molar-refractivity contribution in [1.29, 1.82) is 0 Å². The van der Waals surface area contributed by atoms with Gasteiger partial charge in [-0.05, 0) is 33.6 Å². The molecule has 0 aromatic heterocycles. The van der Waals surface area contributed by atoms with E-state index >= 15 is 0 Å². The average molecular weight is 449 g/mol. The maximum Gasteiger partial charge on any atom is 0.187 e. The van der Waals surface area contributed by atoms with Gasteiger partial charge in [0.25, 0.3) is 0 Å².